The van der Waals surface area contributed by atoms with E-state index in [1.165, 1.54) is 12.1 Å². The molecule has 0 saturated carbocycles. The Morgan fingerprint density at radius 1 is 1.08 bits per heavy atom. The molecule has 0 aliphatic carbocycles. The van der Waals surface area contributed by atoms with Crippen LogP contribution in [-0.2, 0) is 22.6 Å². The SMILES string of the molecule is O=C(CCN1C(=O)CCc2ccccc21)NCc1cccc(C(=O)O)c1. The Balaban J connectivity index is 1.55. The highest BCUT2D eigenvalue weighted by atomic mass is 16.4. The molecule has 0 saturated heterocycles. The fourth-order valence-electron chi connectivity index (χ4n) is 3.06. The van der Waals surface area contributed by atoms with E-state index in [0.717, 1.165) is 23.2 Å². The van der Waals surface area contributed by atoms with Crippen LogP contribution >= 0.6 is 0 Å². The first-order chi connectivity index (χ1) is 12.5. The summed E-state index contributed by atoms with van der Waals surface area (Å²) in [5, 5.41) is 11.8. The van der Waals surface area contributed by atoms with Crippen molar-refractivity contribution in [1.29, 1.82) is 0 Å². The number of para-hydroxylation sites is 1. The van der Waals surface area contributed by atoms with Crippen LogP contribution < -0.4 is 10.2 Å². The van der Waals surface area contributed by atoms with Gasteiger partial charge in [0.05, 0.1) is 5.56 Å². The minimum atomic E-state index is -1.000. The molecule has 26 heavy (non-hydrogen) atoms. The van der Waals surface area contributed by atoms with Gasteiger partial charge in [0.25, 0.3) is 0 Å². The number of carboxylic acids is 1. The van der Waals surface area contributed by atoms with Crippen LogP contribution in [0.2, 0.25) is 0 Å². The minimum absolute atomic E-state index is 0.0330. The molecule has 2 aromatic rings. The standard InChI is InChI=1S/C20H20N2O4/c23-18(21-13-14-4-3-6-16(12-14)20(25)26)10-11-22-17-7-2-1-5-15(17)8-9-19(22)24/h1-7,12H,8-11,13H2,(H,21,23)(H,25,26). The molecule has 0 bridgehead atoms. The van der Waals surface area contributed by atoms with Crippen molar-refractivity contribution in [3.63, 3.8) is 0 Å². The number of nitrogens with one attached hydrogen (secondary N) is 1. The third kappa shape index (κ3) is 4.08. The number of carbonyl (C=O) groups excluding carboxylic acids is 2. The van der Waals surface area contributed by atoms with Gasteiger partial charge in [-0.05, 0) is 35.7 Å². The van der Waals surface area contributed by atoms with Crippen molar-refractivity contribution >= 4 is 23.5 Å². The third-order valence-electron chi connectivity index (χ3n) is 4.42. The van der Waals surface area contributed by atoms with E-state index in [9.17, 15) is 14.4 Å². The molecule has 0 radical (unpaired) electrons. The lowest BCUT2D eigenvalue weighted by molar-refractivity contribution is -0.121. The molecule has 2 aromatic carbocycles. The number of hydrogen-bond acceptors (Lipinski definition) is 3. The fraction of sp³-hybridized carbons (Fsp3) is 0.250. The lowest BCUT2D eigenvalue weighted by Gasteiger charge is -2.29. The normalized spacial score (nSPS) is 13.2. The summed E-state index contributed by atoms with van der Waals surface area (Å²) in [4.78, 5) is 37.0. The Labute approximate surface area is 151 Å². The van der Waals surface area contributed by atoms with Crippen LogP contribution in [-0.4, -0.2) is 29.4 Å². The smallest absolute Gasteiger partial charge is 0.335 e. The lowest BCUT2D eigenvalue weighted by Crippen LogP contribution is -2.38. The maximum absolute atomic E-state index is 12.2. The van der Waals surface area contributed by atoms with Crippen LogP contribution in [0.15, 0.2) is 48.5 Å². The van der Waals surface area contributed by atoms with Crippen LogP contribution in [0.25, 0.3) is 0 Å². The van der Waals surface area contributed by atoms with E-state index < -0.39 is 5.97 Å². The highest BCUT2D eigenvalue weighted by molar-refractivity contribution is 5.97. The number of carbonyl (C=O) groups is 3. The van der Waals surface area contributed by atoms with Gasteiger partial charge >= 0.3 is 5.97 Å². The van der Waals surface area contributed by atoms with Crippen molar-refractivity contribution in [3.8, 4) is 0 Å². The van der Waals surface area contributed by atoms with Gasteiger partial charge < -0.3 is 15.3 Å². The van der Waals surface area contributed by atoms with E-state index >= 15 is 0 Å². The maximum atomic E-state index is 12.2. The Bertz CT molecular complexity index is 847. The molecule has 2 N–H and O–H groups in total. The summed E-state index contributed by atoms with van der Waals surface area (Å²) in [6.07, 6.45) is 1.39. The first kappa shape index (κ1) is 17.7. The number of rotatable bonds is 6. The molecule has 0 aromatic heterocycles. The van der Waals surface area contributed by atoms with Crippen LogP contribution in [0.1, 0.15) is 34.3 Å². The summed E-state index contributed by atoms with van der Waals surface area (Å²) in [6, 6.07) is 14.2. The molecule has 0 spiro atoms. The average molecular weight is 352 g/mol. The first-order valence-corrected chi connectivity index (χ1v) is 8.52. The van der Waals surface area contributed by atoms with Gasteiger partial charge in [-0.1, -0.05) is 30.3 Å². The predicted octanol–water partition coefficient (Wildman–Crippen LogP) is 2.37. The number of aryl methyl sites for hydroxylation is 1. The van der Waals surface area contributed by atoms with Crippen molar-refractivity contribution in [2.24, 2.45) is 0 Å². The van der Waals surface area contributed by atoms with E-state index in [2.05, 4.69) is 5.32 Å². The summed E-state index contributed by atoms with van der Waals surface area (Å²) >= 11 is 0. The summed E-state index contributed by atoms with van der Waals surface area (Å²) in [5.41, 5.74) is 2.91. The molecule has 1 heterocycles. The molecule has 0 atom stereocenters. The summed E-state index contributed by atoms with van der Waals surface area (Å²) in [7, 11) is 0. The predicted molar refractivity (Wildman–Crippen MR) is 97.0 cm³/mol. The number of nitrogens with zero attached hydrogens (tertiary/aromatic N) is 1. The van der Waals surface area contributed by atoms with Gasteiger partial charge in [0.2, 0.25) is 11.8 Å². The van der Waals surface area contributed by atoms with E-state index in [1.54, 1.807) is 17.0 Å². The summed E-state index contributed by atoms with van der Waals surface area (Å²) in [5.74, 6) is -1.15. The summed E-state index contributed by atoms with van der Waals surface area (Å²) < 4.78 is 0. The Morgan fingerprint density at radius 2 is 1.88 bits per heavy atom. The monoisotopic (exact) mass is 352 g/mol. The Hall–Kier alpha value is -3.15. The first-order valence-electron chi connectivity index (χ1n) is 8.52. The number of fused-ring (bicyclic) bond motifs is 1. The topological polar surface area (TPSA) is 86.7 Å². The van der Waals surface area contributed by atoms with Crippen molar-refractivity contribution < 1.29 is 19.5 Å². The number of aromatic carboxylic acids is 1. The average Bonchev–Trinajstić information content (AvgIpc) is 2.65. The van der Waals surface area contributed by atoms with Gasteiger partial charge in [0, 0.05) is 31.6 Å². The quantitative estimate of drug-likeness (QED) is 0.836. The summed E-state index contributed by atoms with van der Waals surface area (Å²) in [6.45, 7) is 0.585. The highest BCUT2D eigenvalue weighted by Gasteiger charge is 2.23. The Morgan fingerprint density at radius 3 is 2.69 bits per heavy atom. The number of anilines is 1. The zero-order valence-electron chi connectivity index (χ0n) is 14.3. The van der Waals surface area contributed by atoms with Crippen molar-refractivity contribution in [3.05, 3.63) is 65.2 Å². The van der Waals surface area contributed by atoms with E-state index in [1.807, 2.05) is 24.3 Å². The van der Waals surface area contributed by atoms with Crippen molar-refractivity contribution in [2.75, 3.05) is 11.4 Å². The highest BCUT2D eigenvalue weighted by Crippen LogP contribution is 2.27. The van der Waals surface area contributed by atoms with E-state index in [4.69, 9.17) is 5.11 Å². The molecule has 0 unspecified atom stereocenters. The second-order valence-corrected chi connectivity index (χ2v) is 6.21. The molecule has 2 amide bonds. The largest absolute Gasteiger partial charge is 0.478 e. The fourth-order valence-corrected chi connectivity index (χ4v) is 3.06. The van der Waals surface area contributed by atoms with Gasteiger partial charge in [-0.2, -0.15) is 0 Å². The van der Waals surface area contributed by atoms with Gasteiger partial charge in [-0.15, -0.1) is 0 Å². The van der Waals surface area contributed by atoms with Crippen molar-refractivity contribution in [1.82, 2.24) is 5.32 Å². The lowest BCUT2D eigenvalue weighted by atomic mass is 10.0. The van der Waals surface area contributed by atoms with Crippen LogP contribution in [0.4, 0.5) is 5.69 Å². The number of benzene rings is 2. The second-order valence-electron chi connectivity index (χ2n) is 6.21. The number of amides is 2. The van der Waals surface area contributed by atoms with Crippen LogP contribution in [0, 0.1) is 0 Å². The number of carboxylic acid groups (broad SMARTS) is 1. The molecule has 1 aliphatic heterocycles. The van der Waals surface area contributed by atoms with Crippen LogP contribution in [0.5, 0.6) is 0 Å². The zero-order chi connectivity index (χ0) is 18.5. The van der Waals surface area contributed by atoms with E-state index in [0.29, 0.717) is 13.0 Å². The molecule has 0 fully saturated rings. The second kappa shape index (κ2) is 7.82. The molecule has 6 nitrogen and oxygen atoms in total. The molecule has 6 heteroatoms. The maximum Gasteiger partial charge on any atom is 0.335 e. The van der Waals surface area contributed by atoms with Gasteiger partial charge in [0.1, 0.15) is 0 Å². The molecule has 1 aliphatic rings. The zero-order valence-corrected chi connectivity index (χ0v) is 14.3. The van der Waals surface area contributed by atoms with E-state index in [-0.39, 0.29) is 30.3 Å². The van der Waals surface area contributed by atoms with Crippen molar-refractivity contribution in [2.45, 2.75) is 25.8 Å². The van der Waals surface area contributed by atoms with Gasteiger partial charge in [-0.25, -0.2) is 4.79 Å². The Kier molecular flexibility index (Phi) is 5.31. The molecular formula is C20H20N2O4. The van der Waals surface area contributed by atoms with Gasteiger partial charge in [-0.3, -0.25) is 9.59 Å². The number of hydrogen-bond donors (Lipinski definition) is 2. The third-order valence-corrected chi connectivity index (χ3v) is 4.42. The van der Waals surface area contributed by atoms with Gasteiger partial charge in [0.15, 0.2) is 0 Å². The van der Waals surface area contributed by atoms with Crippen LogP contribution in [0.3, 0.4) is 0 Å². The molecular weight excluding hydrogens is 332 g/mol. The molecule has 134 valence electrons. The molecule has 3 rings (SSSR count). The minimum Gasteiger partial charge on any atom is -0.478 e.